The van der Waals surface area contributed by atoms with Crippen LogP contribution < -0.4 is 5.56 Å². The molecule has 2 aromatic heterocycles. The first-order valence-electron chi connectivity index (χ1n) is 14.7. The molecule has 0 bridgehead atoms. The second-order valence-electron chi connectivity index (χ2n) is 12.0. The van der Waals surface area contributed by atoms with Gasteiger partial charge in [-0.15, -0.1) is 11.3 Å². The lowest BCUT2D eigenvalue weighted by Gasteiger charge is -2.46. The van der Waals surface area contributed by atoms with E-state index in [0.717, 1.165) is 42.8 Å². The zero-order valence-electron chi connectivity index (χ0n) is 24.3. The number of carbonyl (C=O) groups is 1. The maximum Gasteiger partial charge on any atom is 0.255 e. The molecule has 8 heteroatoms. The van der Waals surface area contributed by atoms with Crippen molar-refractivity contribution in [2.24, 2.45) is 5.92 Å². The van der Waals surface area contributed by atoms with Crippen molar-refractivity contribution in [3.8, 4) is 0 Å². The lowest BCUT2D eigenvalue weighted by atomic mass is 9.76. The topological polar surface area (TPSA) is 74.9 Å². The first-order valence-corrected chi connectivity index (χ1v) is 15.5. The predicted octanol–water partition coefficient (Wildman–Crippen LogP) is 4.96. The lowest BCUT2D eigenvalue weighted by molar-refractivity contribution is -0.0883. The van der Waals surface area contributed by atoms with Crippen molar-refractivity contribution in [2.45, 2.75) is 90.8 Å². The summed E-state index contributed by atoms with van der Waals surface area (Å²) in [6.07, 6.45) is 7.24. The number of aryl methyl sites for hydroxylation is 3. The molecule has 39 heavy (non-hydrogen) atoms. The van der Waals surface area contributed by atoms with Crippen molar-refractivity contribution in [3.05, 3.63) is 54.1 Å². The highest BCUT2D eigenvalue weighted by Gasteiger charge is 2.37. The average molecular weight is 556 g/mol. The number of hydrogen-bond donors (Lipinski definition) is 1. The van der Waals surface area contributed by atoms with Crippen LogP contribution in [0.5, 0.6) is 0 Å². The van der Waals surface area contributed by atoms with Gasteiger partial charge >= 0.3 is 0 Å². The highest BCUT2D eigenvalue weighted by Crippen LogP contribution is 2.44. The number of fused-ring (bicyclic) bond motifs is 1. The average Bonchev–Trinajstić information content (AvgIpc) is 3.12. The van der Waals surface area contributed by atoms with Crippen molar-refractivity contribution in [3.63, 3.8) is 0 Å². The molecule has 1 saturated carbocycles. The minimum absolute atomic E-state index is 0.0795. The Labute approximate surface area is 236 Å². The van der Waals surface area contributed by atoms with E-state index in [1.807, 2.05) is 36.2 Å². The molecule has 1 atom stereocenters. The van der Waals surface area contributed by atoms with Gasteiger partial charge in [-0.1, -0.05) is 6.92 Å². The van der Waals surface area contributed by atoms with Crippen LogP contribution in [0.1, 0.15) is 87.4 Å². The van der Waals surface area contributed by atoms with Crippen molar-refractivity contribution in [1.82, 2.24) is 14.8 Å². The monoisotopic (exact) mass is 555 g/mol. The molecule has 7 nitrogen and oxygen atoms in total. The summed E-state index contributed by atoms with van der Waals surface area (Å²) in [6, 6.07) is 2.67. The van der Waals surface area contributed by atoms with Crippen LogP contribution in [-0.4, -0.2) is 72.8 Å². The van der Waals surface area contributed by atoms with Gasteiger partial charge in [-0.2, -0.15) is 0 Å². The molecule has 1 amide bonds. The van der Waals surface area contributed by atoms with Crippen molar-refractivity contribution >= 4 is 17.2 Å². The number of nitrogens with zero attached hydrogens (tertiary/aromatic N) is 2. The normalized spacial score (nSPS) is 23.4. The third kappa shape index (κ3) is 6.04. The number of pyridine rings is 1. The van der Waals surface area contributed by atoms with Crippen LogP contribution in [0, 0.1) is 26.7 Å². The number of ether oxygens (including phenoxy) is 2. The summed E-state index contributed by atoms with van der Waals surface area (Å²) < 4.78 is 11.0. The number of methoxy groups -OCH3 is 1. The molecule has 2 fully saturated rings. The van der Waals surface area contributed by atoms with Gasteiger partial charge < -0.3 is 19.4 Å². The molecule has 3 aliphatic rings. The Morgan fingerprint density at radius 2 is 1.85 bits per heavy atom. The van der Waals surface area contributed by atoms with E-state index in [-0.39, 0.29) is 11.5 Å². The van der Waals surface area contributed by atoms with Crippen LogP contribution in [-0.2, 0) is 22.4 Å². The minimum atomic E-state index is -0.0795. The molecule has 4 heterocycles. The van der Waals surface area contributed by atoms with E-state index in [1.165, 1.54) is 41.0 Å². The van der Waals surface area contributed by atoms with Gasteiger partial charge in [0.15, 0.2) is 0 Å². The first kappa shape index (κ1) is 28.5. The zero-order chi connectivity index (χ0) is 27.7. The predicted molar refractivity (Wildman–Crippen MR) is 156 cm³/mol. The molecule has 0 radical (unpaired) electrons. The van der Waals surface area contributed by atoms with Gasteiger partial charge in [0.25, 0.3) is 11.5 Å². The maximum absolute atomic E-state index is 13.8. The fourth-order valence-electron chi connectivity index (χ4n) is 6.94. The summed E-state index contributed by atoms with van der Waals surface area (Å²) in [4.78, 5) is 36.5. The number of carbonyl (C=O) groups excluding carboxylic acids is 1. The molecular formula is C31H45N3O4S. The van der Waals surface area contributed by atoms with Crippen LogP contribution in [0.15, 0.2) is 10.9 Å². The number of nitrogens with one attached hydrogen (secondary N) is 1. The zero-order valence-corrected chi connectivity index (χ0v) is 25.1. The van der Waals surface area contributed by atoms with E-state index in [2.05, 4.69) is 23.7 Å². The van der Waals surface area contributed by atoms with Crippen molar-refractivity contribution < 1.29 is 14.3 Å². The van der Waals surface area contributed by atoms with E-state index >= 15 is 0 Å². The van der Waals surface area contributed by atoms with E-state index in [1.54, 1.807) is 7.11 Å². The van der Waals surface area contributed by atoms with Crippen molar-refractivity contribution in [1.29, 1.82) is 0 Å². The number of amides is 1. The smallest absolute Gasteiger partial charge is 0.255 e. The summed E-state index contributed by atoms with van der Waals surface area (Å²) in [5, 5.41) is 0. The van der Waals surface area contributed by atoms with E-state index in [4.69, 9.17) is 9.47 Å². The number of hydrogen-bond acceptors (Lipinski definition) is 6. The van der Waals surface area contributed by atoms with E-state index < -0.39 is 0 Å². The van der Waals surface area contributed by atoms with Gasteiger partial charge in [-0.3, -0.25) is 14.5 Å². The Hall–Kier alpha value is -2.00. The SMILES string of the molecule is COCCOC1CN(C2CCC(C(C)c3sc4c(c3C)C(=O)N(Cc3c(C)cc(C)[nH]c3=O)CCC4)CC2)C1. The highest BCUT2D eigenvalue weighted by atomic mass is 32.1. The van der Waals surface area contributed by atoms with Crippen LogP contribution in [0.4, 0.5) is 0 Å². The molecule has 1 N–H and O–H groups in total. The number of H-pyrrole nitrogens is 1. The van der Waals surface area contributed by atoms with Gasteiger partial charge in [0.2, 0.25) is 0 Å². The molecule has 2 aromatic rings. The van der Waals surface area contributed by atoms with E-state index in [0.29, 0.717) is 55.8 Å². The minimum Gasteiger partial charge on any atom is -0.382 e. The molecule has 1 aliphatic carbocycles. The first-order chi connectivity index (χ1) is 18.8. The number of aromatic nitrogens is 1. The fraction of sp³-hybridized carbons (Fsp3) is 0.677. The summed E-state index contributed by atoms with van der Waals surface area (Å²) in [5.41, 5.74) is 4.51. The van der Waals surface area contributed by atoms with Gasteiger partial charge in [-0.25, -0.2) is 0 Å². The van der Waals surface area contributed by atoms with Crippen molar-refractivity contribution in [2.75, 3.05) is 40.0 Å². The molecule has 214 valence electrons. The Bertz CT molecular complexity index is 1220. The number of likely N-dealkylation sites (tertiary alicyclic amines) is 1. The van der Waals surface area contributed by atoms with Gasteiger partial charge in [-0.05, 0) is 88.3 Å². The standard InChI is InChI=1S/C31H45N3O4S/c1-19-15-20(2)32-30(35)26(19)18-33-12-6-7-27-28(31(33)36)22(4)29(39-27)21(3)23-8-10-24(11-9-23)34-16-25(17-34)38-14-13-37-5/h15,21,23-25H,6-14,16-18H2,1-5H3,(H,32,35). The Morgan fingerprint density at radius 3 is 2.54 bits per heavy atom. The van der Waals surface area contributed by atoms with Gasteiger partial charge in [0.1, 0.15) is 0 Å². The maximum atomic E-state index is 13.8. The van der Waals surface area contributed by atoms with Crippen LogP contribution in [0.2, 0.25) is 0 Å². The largest absolute Gasteiger partial charge is 0.382 e. The third-order valence-electron chi connectivity index (χ3n) is 9.33. The molecule has 0 aromatic carbocycles. The summed E-state index contributed by atoms with van der Waals surface area (Å²) in [5.74, 6) is 1.22. The number of thiophene rings is 1. The quantitative estimate of drug-likeness (QED) is 0.443. The van der Waals surface area contributed by atoms with E-state index in [9.17, 15) is 9.59 Å². The Kier molecular flexibility index (Phi) is 8.96. The van der Waals surface area contributed by atoms with Crippen LogP contribution in [0.3, 0.4) is 0 Å². The molecule has 1 unspecified atom stereocenters. The summed E-state index contributed by atoms with van der Waals surface area (Å²) in [6.45, 7) is 12.9. The van der Waals surface area contributed by atoms with Crippen LogP contribution in [0.25, 0.3) is 0 Å². The summed E-state index contributed by atoms with van der Waals surface area (Å²) >= 11 is 1.88. The Balaban J connectivity index is 1.22. The summed E-state index contributed by atoms with van der Waals surface area (Å²) in [7, 11) is 1.72. The molecular weight excluding hydrogens is 510 g/mol. The highest BCUT2D eigenvalue weighted by molar-refractivity contribution is 7.12. The number of aromatic amines is 1. The molecule has 5 rings (SSSR count). The third-order valence-corrected chi connectivity index (χ3v) is 10.9. The lowest BCUT2D eigenvalue weighted by Crippen LogP contribution is -2.57. The second kappa shape index (κ2) is 12.2. The van der Waals surface area contributed by atoms with Crippen LogP contribution >= 0.6 is 11.3 Å². The van der Waals surface area contributed by atoms with Gasteiger partial charge in [0.05, 0.1) is 31.4 Å². The number of rotatable bonds is 9. The fourth-order valence-corrected chi connectivity index (χ4v) is 8.43. The molecule has 0 spiro atoms. The molecule has 1 saturated heterocycles. The molecule has 2 aliphatic heterocycles. The Morgan fingerprint density at radius 1 is 1.10 bits per heavy atom. The second-order valence-corrected chi connectivity index (χ2v) is 13.1. The van der Waals surface area contributed by atoms with Gasteiger partial charge in [0, 0.05) is 53.8 Å².